The maximum absolute atomic E-state index is 10.8. The summed E-state index contributed by atoms with van der Waals surface area (Å²) in [6.45, 7) is 1.81. The zero-order chi connectivity index (χ0) is 15.6. The second kappa shape index (κ2) is 6.11. The molecule has 0 aliphatic heterocycles. The molecular formula is C13H11Cl2NO4S. The molecule has 0 heterocycles. The number of aryl methyl sites for hydroxylation is 1. The summed E-state index contributed by atoms with van der Waals surface area (Å²) in [7, 11) is -4.63. The first-order valence-electron chi connectivity index (χ1n) is 5.75. The number of anilines is 2. The molecule has 0 aliphatic carbocycles. The van der Waals surface area contributed by atoms with Gasteiger partial charge in [0.15, 0.2) is 5.75 Å². The van der Waals surface area contributed by atoms with Gasteiger partial charge in [0.1, 0.15) is 0 Å². The van der Waals surface area contributed by atoms with Crippen molar-refractivity contribution in [2.24, 2.45) is 0 Å². The summed E-state index contributed by atoms with van der Waals surface area (Å²) >= 11 is 12.3. The number of para-hydroxylation sites is 2. The minimum absolute atomic E-state index is 0.0753. The van der Waals surface area contributed by atoms with E-state index in [4.69, 9.17) is 27.8 Å². The molecule has 0 unspecified atom stereocenters. The maximum Gasteiger partial charge on any atom is 0.446 e. The van der Waals surface area contributed by atoms with Crippen LogP contribution >= 0.6 is 23.2 Å². The summed E-state index contributed by atoms with van der Waals surface area (Å²) < 4.78 is 35.0. The molecule has 0 saturated heterocycles. The zero-order valence-corrected chi connectivity index (χ0v) is 13.1. The molecule has 8 heteroatoms. The van der Waals surface area contributed by atoms with Crippen molar-refractivity contribution in [2.75, 3.05) is 5.32 Å². The summed E-state index contributed by atoms with van der Waals surface area (Å²) in [5, 5.41) is 3.68. The lowest BCUT2D eigenvalue weighted by Crippen LogP contribution is -2.08. The molecule has 0 spiro atoms. The number of nitrogens with one attached hydrogen (secondary N) is 1. The van der Waals surface area contributed by atoms with Crippen LogP contribution in [-0.4, -0.2) is 13.0 Å². The molecule has 112 valence electrons. The minimum atomic E-state index is -4.63. The Kier molecular flexibility index (Phi) is 4.63. The van der Waals surface area contributed by atoms with Gasteiger partial charge in [0.25, 0.3) is 0 Å². The Morgan fingerprint density at radius 3 is 2.48 bits per heavy atom. The van der Waals surface area contributed by atoms with Gasteiger partial charge in [-0.3, -0.25) is 4.55 Å². The average Bonchev–Trinajstić information content (AvgIpc) is 2.39. The average molecular weight is 348 g/mol. The number of hydrogen-bond acceptors (Lipinski definition) is 4. The second-order valence-corrected chi connectivity index (χ2v) is 5.99. The predicted molar refractivity (Wildman–Crippen MR) is 83.1 cm³/mol. The molecule has 0 aliphatic rings. The molecule has 2 rings (SSSR count). The third-order valence-corrected chi connectivity index (χ3v) is 3.82. The molecule has 0 radical (unpaired) electrons. The molecule has 21 heavy (non-hydrogen) atoms. The largest absolute Gasteiger partial charge is 0.446 e. The van der Waals surface area contributed by atoms with E-state index in [-0.39, 0.29) is 5.75 Å². The van der Waals surface area contributed by atoms with Gasteiger partial charge in [-0.05, 0) is 30.7 Å². The molecule has 0 saturated carbocycles. The Hall–Kier alpha value is -1.47. The van der Waals surface area contributed by atoms with E-state index in [0.29, 0.717) is 21.4 Å². The van der Waals surface area contributed by atoms with Crippen molar-refractivity contribution in [1.82, 2.24) is 0 Å². The lowest BCUT2D eigenvalue weighted by molar-refractivity contribution is 0.387. The molecular weight excluding hydrogens is 337 g/mol. The van der Waals surface area contributed by atoms with Crippen molar-refractivity contribution in [3.8, 4) is 5.75 Å². The Morgan fingerprint density at radius 1 is 1.14 bits per heavy atom. The fraction of sp³-hybridized carbons (Fsp3) is 0.0769. The first-order chi connectivity index (χ1) is 9.78. The molecule has 2 aromatic rings. The van der Waals surface area contributed by atoms with Crippen LogP contribution in [0.2, 0.25) is 10.0 Å². The first kappa shape index (κ1) is 15.9. The molecule has 2 N–H and O–H groups in total. The van der Waals surface area contributed by atoms with E-state index in [9.17, 15) is 8.42 Å². The topological polar surface area (TPSA) is 75.6 Å². The van der Waals surface area contributed by atoms with Gasteiger partial charge >= 0.3 is 10.4 Å². The van der Waals surface area contributed by atoms with E-state index in [1.165, 1.54) is 6.07 Å². The summed E-state index contributed by atoms with van der Waals surface area (Å²) in [6.07, 6.45) is 0. The van der Waals surface area contributed by atoms with Crippen molar-refractivity contribution < 1.29 is 17.2 Å². The van der Waals surface area contributed by atoms with Gasteiger partial charge < -0.3 is 9.50 Å². The zero-order valence-electron chi connectivity index (χ0n) is 10.8. The lowest BCUT2D eigenvalue weighted by atomic mass is 10.2. The van der Waals surface area contributed by atoms with Gasteiger partial charge in [-0.1, -0.05) is 41.4 Å². The van der Waals surface area contributed by atoms with Crippen molar-refractivity contribution >= 4 is 45.0 Å². The summed E-state index contributed by atoms with van der Waals surface area (Å²) in [6, 6.07) is 9.60. The molecule has 0 bridgehead atoms. The van der Waals surface area contributed by atoms with Crippen LogP contribution in [0.1, 0.15) is 5.56 Å². The van der Waals surface area contributed by atoms with Crippen LogP contribution in [0.15, 0.2) is 36.4 Å². The number of benzene rings is 2. The normalized spacial score (nSPS) is 11.2. The maximum atomic E-state index is 10.8. The van der Waals surface area contributed by atoms with Crippen LogP contribution in [0, 0.1) is 6.92 Å². The molecule has 0 aromatic heterocycles. The SMILES string of the molecule is Cc1ccc(Cl)c(Nc2ccccc2OS(=O)(=O)O)c1Cl. The monoisotopic (exact) mass is 347 g/mol. The van der Waals surface area contributed by atoms with E-state index in [1.54, 1.807) is 30.3 Å². The van der Waals surface area contributed by atoms with Gasteiger partial charge in [-0.25, -0.2) is 0 Å². The standard InChI is InChI=1S/C13H11Cl2NO4S/c1-8-6-7-9(14)13(12(8)15)16-10-4-2-3-5-11(10)20-21(17,18)19/h2-7,16H,1H3,(H,17,18,19). The van der Waals surface area contributed by atoms with Gasteiger partial charge in [-0.15, -0.1) is 0 Å². The van der Waals surface area contributed by atoms with Crippen LogP contribution in [-0.2, 0) is 10.4 Å². The van der Waals surface area contributed by atoms with E-state index >= 15 is 0 Å². The number of halogens is 2. The van der Waals surface area contributed by atoms with Crippen LogP contribution in [0.25, 0.3) is 0 Å². The van der Waals surface area contributed by atoms with Gasteiger partial charge in [0, 0.05) is 0 Å². The smallest absolute Gasteiger partial charge is 0.360 e. The van der Waals surface area contributed by atoms with Crippen molar-refractivity contribution in [1.29, 1.82) is 0 Å². The highest BCUT2D eigenvalue weighted by molar-refractivity contribution is 7.81. The van der Waals surface area contributed by atoms with Crippen molar-refractivity contribution in [3.05, 3.63) is 52.0 Å². The summed E-state index contributed by atoms with van der Waals surface area (Å²) in [5.41, 5.74) is 1.52. The van der Waals surface area contributed by atoms with Crippen LogP contribution in [0.5, 0.6) is 5.75 Å². The second-order valence-electron chi connectivity index (χ2n) is 4.19. The molecule has 0 fully saturated rings. The molecule has 0 atom stereocenters. The third kappa shape index (κ3) is 4.01. The fourth-order valence-corrected chi connectivity index (χ4v) is 2.50. The van der Waals surface area contributed by atoms with Crippen LogP contribution < -0.4 is 9.50 Å². The highest BCUT2D eigenvalue weighted by Crippen LogP contribution is 2.37. The minimum Gasteiger partial charge on any atom is -0.360 e. The van der Waals surface area contributed by atoms with E-state index < -0.39 is 10.4 Å². The van der Waals surface area contributed by atoms with Gasteiger partial charge in [0.2, 0.25) is 0 Å². The molecule has 5 nitrogen and oxygen atoms in total. The predicted octanol–water partition coefficient (Wildman–Crippen LogP) is 4.23. The van der Waals surface area contributed by atoms with Gasteiger partial charge in [0.05, 0.1) is 21.4 Å². The molecule has 2 aromatic carbocycles. The fourth-order valence-electron chi connectivity index (χ4n) is 1.66. The van der Waals surface area contributed by atoms with Crippen molar-refractivity contribution in [2.45, 2.75) is 6.92 Å². The number of hydrogen-bond donors (Lipinski definition) is 2. The van der Waals surface area contributed by atoms with E-state index in [0.717, 1.165) is 5.56 Å². The Balaban J connectivity index is 2.44. The lowest BCUT2D eigenvalue weighted by Gasteiger charge is -2.14. The highest BCUT2D eigenvalue weighted by Gasteiger charge is 2.14. The van der Waals surface area contributed by atoms with Crippen molar-refractivity contribution in [3.63, 3.8) is 0 Å². The van der Waals surface area contributed by atoms with E-state index in [1.807, 2.05) is 6.92 Å². The van der Waals surface area contributed by atoms with Gasteiger partial charge in [-0.2, -0.15) is 8.42 Å². The Morgan fingerprint density at radius 2 is 1.81 bits per heavy atom. The highest BCUT2D eigenvalue weighted by atomic mass is 35.5. The Labute approximate surface area is 132 Å². The van der Waals surface area contributed by atoms with Crippen LogP contribution in [0.4, 0.5) is 11.4 Å². The third-order valence-electron chi connectivity index (χ3n) is 2.63. The molecule has 0 amide bonds. The number of rotatable bonds is 4. The summed E-state index contributed by atoms with van der Waals surface area (Å²) in [4.78, 5) is 0. The summed E-state index contributed by atoms with van der Waals surface area (Å²) in [5.74, 6) is -0.0753. The quantitative estimate of drug-likeness (QED) is 0.809. The van der Waals surface area contributed by atoms with Crippen LogP contribution in [0.3, 0.4) is 0 Å². The van der Waals surface area contributed by atoms with E-state index in [2.05, 4.69) is 9.50 Å². The Bertz CT molecular complexity index is 778. The first-order valence-corrected chi connectivity index (χ1v) is 7.87.